The van der Waals surface area contributed by atoms with Gasteiger partial charge in [0.05, 0.1) is 30.3 Å². The van der Waals surface area contributed by atoms with Gasteiger partial charge in [0, 0.05) is 19.2 Å². The van der Waals surface area contributed by atoms with Crippen molar-refractivity contribution < 1.29 is 27.1 Å². The van der Waals surface area contributed by atoms with Crippen LogP contribution in [0.5, 0.6) is 11.5 Å². The molecule has 0 unspecified atom stereocenters. The first kappa shape index (κ1) is 24.7. The van der Waals surface area contributed by atoms with Gasteiger partial charge in [-0.15, -0.1) is 0 Å². The molecule has 10 nitrogen and oxygen atoms in total. The number of fused-ring (bicyclic) bond motifs is 1. The number of carbonyl (C=O) groups excluding carboxylic acids is 1. The summed E-state index contributed by atoms with van der Waals surface area (Å²) in [5.41, 5.74) is 0.944. The van der Waals surface area contributed by atoms with Gasteiger partial charge in [0.1, 0.15) is 17.5 Å². The number of aromatic nitrogens is 1. The molecule has 0 fully saturated rings. The van der Waals surface area contributed by atoms with Crippen molar-refractivity contribution in [3.63, 3.8) is 0 Å². The van der Waals surface area contributed by atoms with Gasteiger partial charge in [-0.2, -0.15) is 16.5 Å². The SMILES string of the molecule is COc1ccc(OC)c(NC(=O)[C@@H](CCSC)NS(=O)(=O)c2ccc3c(c2)oc(=O)n3C)c1. The molecule has 0 aliphatic heterocycles. The van der Waals surface area contributed by atoms with E-state index in [4.69, 9.17) is 13.9 Å². The lowest BCUT2D eigenvalue weighted by Crippen LogP contribution is -2.44. The highest BCUT2D eigenvalue weighted by molar-refractivity contribution is 7.98. The van der Waals surface area contributed by atoms with E-state index in [1.54, 1.807) is 18.2 Å². The molecule has 0 aliphatic carbocycles. The van der Waals surface area contributed by atoms with Crippen LogP contribution in [0.15, 0.2) is 50.5 Å². The Morgan fingerprint density at radius 1 is 1.18 bits per heavy atom. The van der Waals surface area contributed by atoms with Gasteiger partial charge < -0.3 is 19.2 Å². The Balaban J connectivity index is 1.88. The molecule has 2 N–H and O–H groups in total. The highest BCUT2D eigenvalue weighted by Gasteiger charge is 2.27. The van der Waals surface area contributed by atoms with E-state index in [9.17, 15) is 18.0 Å². The van der Waals surface area contributed by atoms with Gasteiger partial charge in [-0.05, 0) is 42.7 Å². The Morgan fingerprint density at radius 2 is 1.94 bits per heavy atom. The highest BCUT2D eigenvalue weighted by Crippen LogP contribution is 2.29. The third-order valence-corrected chi connectivity index (χ3v) is 7.08. The molecule has 0 spiro atoms. The maximum Gasteiger partial charge on any atom is 0.419 e. The average Bonchev–Trinajstić information content (AvgIpc) is 3.09. The fourth-order valence-corrected chi connectivity index (χ4v) is 4.86. The first-order valence-electron chi connectivity index (χ1n) is 9.84. The van der Waals surface area contributed by atoms with Crippen molar-refractivity contribution in [1.29, 1.82) is 0 Å². The van der Waals surface area contributed by atoms with Crippen LogP contribution in [-0.2, 0) is 21.9 Å². The number of rotatable bonds is 10. The number of carbonyl (C=O) groups is 1. The summed E-state index contributed by atoms with van der Waals surface area (Å²) in [5.74, 6) is 0.302. The predicted molar refractivity (Wildman–Crippen MR) is 127 cm³/mol. The first-order chi connectivity index (χ1) is 15.7. The standard InChI is InChI=1S/C21H25N3O7S2/c1-24-17-7-6-14(12-19(17)31-21(24)26)33(27,28)23-15(9-10-32-4)20(25)22-16-11-13(29-2)5-8-18(16)30-3/h5-8,11-12,15,23H,9-10H2,1-4H3,(H,22,25)/t15-/m1/s1. The number of sulfonamides is 1. The van der Waals surface area contributed by atoms with Crippen LogP contribution in [0.3, 0.4) is 0 Å². The third kappa shape index (κ3) is 5.52. The van der Waals surface area contributed by atoms with Crippen molar-refractivity contribution in [2.45, 2.75) is 17.4 Å². The van der Waals surface area contributed by atoms with E-state index in [0.717, 1.165) is 0 Å². The van der Waals surface area contributed by atoms with Gasteiger partial charge in [-0.25, -0.2) is 13.2 Å². The van der Waals surface area contributed by atoms with E-state index in [1.165, 1.54) is 55.8 Å². The van der Waals surface area contributed by atoms with Gasteiger partial charge in [-0.1, -0.05) is 0 Å². The molecule has 2 aromatic carbocycles. The number of hydrogen-bond acceptors (Lipinski definition) is 8. The number of oxazole rings is 1. The Labute approximate surface area is 195 Å². The lowest BCUT2D eigenvalue weighted by atomic mass is 10.2. The normalized spacial score (nSPS) is 12.5. The van der Waals surface area contributed by atoms with Crippen LogP contribution in [0, 0.1) is 0 Å². The minimum absolute atomic E-state index is 0.120. The van der Waals surface area contributed by atoms with Gasteiger partial charge in [0.2, 0.25) is 15.9 Å². The number of amides is 1. The fraction of sp³-hybridized carbons (Fsp3) is 0.333. The number of hydrogen-bond donors (Lipinski definition) is 2. The second kappa shape index (κ2) is 10.3. The molecule has 0 saturated carbocycles. The Bertz CT molecular complexity index is 1320. The van der Waals surface area contributed by atoms with Crippen molar-refractivity contribution in [2.75, 3.05) is 31.5 Å². The quantitative estimate of drug-likeness (QED) is 0.438. The van der Waals surface area contributed by atoms with E-state index in [1.807, 2.05) is 6.26 Å². The number of nitrogens with one attached hydrogen (secondary N) is 2. The van der Waals surface area contributed by atoms with Crippen molar-refractivity contribution >= 4 is 44.5 Å². The molecule has 1 amide bonds. The average molecular weight is 496 g/mol. The van der Waals surface area contributed by atoms with Gasteiger partial charge >= 0.3 is 5.76 Å². The summed E-state index contributed by atoms with van der Waals surface area (Å²) >= 11 is 1.48. The molecule has 0 saturated heterocycles. The summed E-state index contributed by atoms with van der Waals surface area (Å²) < 4.78 is 45.4. The van der Waals surface area contributed by atoms with Gasteiger partial charge in [0.15, 0.2) is 5.58 Å². The number of anilines is 1. The Kier molecular flexibility index (Phi) is 7.72. The predicted octanol–water partition coefficient (Wildman–Crippen LogP) is 2.19. The summed E-state index contributed by atoms with van der Waals surface area (Å²) in [5, 5.41) is 2.72. The molecule has 0 radical (unpaired) electrons. The smallest absolute Gasteiger partial charge is 0.419 e. The van der Waals surface area contributed by atoms with E-state index < -0.39 is 27.7 Å². The van der Waals surface area contributed by atoms with E-state index >= 15 is 0 Å². The molecule has 1 heterocycles. The number of methoxy groups -OCH3 is 2. The molecule has 0 bridgehead atoms. The molecule has 1 aromatic heterocycles. The van der Waals surface area contributed by atoms with Crippen molar-refractivity contribution in [1.82, 2.24) is 9.29 Å². The minimum atomic E-state index is -4.10. The topological polar surface area (TPSA) is 129 Å². The zero-order valence-corrected chi connectivity index (χ0v) is 20.2. The zero-order valence-electron chi connectivity index (χ0n) is 18.6. The summed E-state index contributed by atoms with van der Waals surface area (Å²) in [6.07, 6.45) is 2.11. The molecule has 3 aromatic rings. The van der Waals surface area contributed by atoms with Crippen LogP contribution in [0.4, 0.5) is 5.69 Å². The molecule has 0 aliphatic rings. The molecular formula is C21H25N3O7S2. The lowest BCUT2D eigenvalue weighted by Gasteiger charge is -2.19. The molecule has 12 heteroatoms. The van der Waals surface area contributed by atoms with Crippen LogP contribution >= 0.6 is 11.8 Å². The molecular weight excluding hydrogens is 470 g/mol. The van der Waals surface area contributed by atoms with Crippen molar-refractivity contribution in [3.8, 4) is 11.5 Å². The minimum Gasteiger partial charge on any atom is -0.497 e. The van der Waals surface area contributed by atoms with Crippen molar-refractivity contribution in [2.24, 2.45) is 7.05 Å². The monoisotopic (exact) mass is 495 g/mol. The second-order valence-corrected chi connectivity index (χ2v) is 9.77. The number of benzene rings is 2. The second-order valence-electron chi connectivity index (χ2n) is 7.07. The van der Waals surface area contributed by atoms with E-state index in [-0.39, 0.29) is 16.9 Å². The van der Waals surface area contributed by atoms with Crippen LogP contribution in [0.1, 0.15) is 6.42 Å². The summed E-state index contributed by atoms with van der Waals surface area (Å²) in [7, 11) is 0.382. The maximum absolute atomic E-state index is 13.1. The highest BCUT2D eigenvalue weighted by atomic mass is 32.2. The zero-order chi connectivity index (χ0) is 24.2. The fourth-order valence-electron chi connectivity index (χ4n) is 3.15. The largest absolute Gasteiger partial charge is 0.497 e. The van der Waals surface area contributed by atoms with Crippen LogP contribution in [0.25, 0.3) is 11.1 Å². The number of ether oxygens (including phenoxy) is 2. The summed E-state index contributed by atoms with van der Waals surface area (Å²) in [4.78, 5) is 24.6. The van der Waals surface area contributed by atoms with Gasteiger partial charge in [0.25, 0.3) is 0 Å². The maximum atomic E-state index is 13.1. The number of nitrogens with zero attached hydrogens (tertiary/aromatic N) is 1. The summed E-state index contributed by atoms with van der Waals surface area (Å²) in [6, 6.07) is 7.94. The number of thioether (sulfide) groups is 1. The lowest BCUT2D eigenvalue weighted by molar-refractivity contribution is -0.117. The molecule has 33 heavy (non-hydrogen) atoms. The van der Waals surface area contributed by atoms with Crippen LogP contribution in [-0.4, -0.2) is 51.2 Å². The van der Waals surface area contributed by atoms with Crippen molar-refractivity contribution in [3.05, 3.63) is 46.9 Å². The number of aryl methyl sites for hydroxylation is 1. The first-order valence-corrected chi connectivity index (χ1v) is 12.7. The van der Waals surface area contributed by atoms with Crippen LogP contribution < -0.4 is 25.3 Å². The molecule has 3 rings (SSSR count). The third-order valence-electron chi connectivity index (χ3n) is 4.96. The summed E-state index contributed by atoms with van der Waals surface area (Å²) in [6.45, 7) is 0. The van der Waals surface area contributed by atoms with E-state index in [0.29, 0.717) is 28.5 Å². The molecule has 178 valence electrons. The van der Waals surface area contributed by atoms with Crippen LogP contribution in [0.2, 0.25) is 0 Å². The Hall–Kier alpha value is -2.96. The van der Waals surface area contributed by atoms with E-state index in [2.05, 4.69) is 10.0 Å². The van der Waals surface area contributed by atoms with Gasteiger partial charge in [-0.3, -0.25) is 9.36 Å². The molecule has 1 atom stereocenters. The Morgan fingerprint density at radius 3 is 2.61 bits per heavy atom.